The molecule has 0 saturated heterocycles. The molecule has 0 radical (unpaired) electrons. The van der Waals surface area contributed by atoms with Gasteiger partial charge in [0.15, 0.2) is 0 Å². The number of rotatable bonds is 2. The van der Waals surface area contributed by atoms with Crippen molar-refractivity contribution >= 4 is 11.7 Å². The maximum atomic E-state index is 11.7. The van der Waals surface area contributed by atoms with E-state index in [1.54, 1.807) is 0 Å². The van der Waals surface area contributed by atoms with Crippen molar-refractivity contribution in [1.29, 1.82) is 0 Å². The first-order valence-corrected chi connectivity index (χ1v) is 6.47. The predicted molar refractivity (Wildman–Crippen MR) is 72.2 cm³/mol. The molecule has 0 fully saturated rings. The predicted octanol–water partition coefficient (Wildman–Crippen LogP) is -1.17. The summed E-state index contributed by atoms with van der Waals surface area (Å²) in [6.07, 6.45) is 4.81. The van der Waals surface area contributed by atoms with Crippen LogP contribution >= 0.6 is 0 Å². The normalized spacial score (nSPS) is 14.6. The van der Waals surface area contributed by atoms with Gasteiger partial charge in [0.25, 0.3) is 0 Å². The van der Waals surface area contributed by atoms with E-state index in [-0.39, 0.29) is 22.9 Å². The van der Waals surface area contributed by atoms with Gasteiger partial charge in [0, 0.05) is 13.0 Å². The molecule has 104 valence electrons. The fourth-order valence-electron chi connectivity index (χ4n) is 1.94. The van der Waals surface area contributed by atoms with Crippen LogP contribution in [0.4, 0.5) is 0 Å². The minimum atomic E-state index is -0.0341. The van der Waals surface area contributed by atoms with Gasteiger partial charge in [-0.1, -0.05) is 36.8 Å². The Hall–Kier alpha value is -1.36. The number of aliphatic imine (C=N–C) groups is 1. The van der Waals surface area contributed by atoms with Crippen molar-refractivity contribution in [2.45, 2.75) is 32.1 Å². The Morgan fingerprint density at radius 3 is 2.74 bits per heavy atom. The molecule has 19 heavy (non-hydrogen) atoms. The summed E-state index contributed by atoms with van der Waals surface area (Å²) in [5.74, 6) is 0.863. The van der Waals surface area contributed by atoms with Crippen molar-refractivity contribution in [1.82, 2.24) is 10.9 Å². The number of hydrogen-bond acceptors (Lipinski definition) is 3. The molecule has 5 heteroatoms. The molecule has 0 aromatic heterocycles. The monoisotopic (exact) mass is 324 g/mol. The standard InChI is InChI=1S/C14H19N3O.BrH/c18-14(11-12-7-3-1-4-8-12)17-16-13-9-5-2-6-10-15-13;/h1,3-4,7-8H,2,5-6,9-11H2,(H,15,16)(H,17,18);1H/p-1. The molecule has 2 rings (SSSR count). The van der Waals surface area contributed by atoms with Gasteiger partial charge < -0.3 is 17.0 Å². The van der Waals surface area contributed by atoms with Crippen LogP contribution in [0.25, 0.3) is 0 Å². The molecule has 1 aliphatic rings. The van der Waals surface area contributed by atoms with Crippen LogP contribution in [0, 0.1) is 0 Å². The van der Waals surface area contributed by atoms with Crippen molar-refractivity contribution in [2.24, 2.45) is 4.99 Å². The molecule has 0 atom stereocenters. The van der Waals surface area contributed by atoms with E-state index in [1.807, 2.05) is 30.3 Å². The van der Waals surface area contributed by atoms with Crippen LogP contribution in [0.15, 0.2) is 35.3 Å². The second-order valence-electron chi connectivity index (χ2n) is 4.47. The summed E-state index contributed by atoms with van der Waals surface area (Å²) in [6, 6.07) is 9.71. The Kier molecular flexibility index (Phi) is 7.18. The van der Waals surface area contributed by atoms with Gasteiger partial charge in [0.1, 0.15) is 5.84 Å². The topological polar surface area (TPSA) is 53.5 Å². The molecule has 1 amide bonds. The van der Waals surface area contributed by atoms with Gasteiger partial charge in [0.2, 0.25) is 5.91 Å². The number of halogens is 1. The molecule has 2 N–H and O–H groups in total. The number of hydrazine groups is 1. The van der Waals surface area contributed by atoms with Crippen LogP contribution in [-0.4, -0.2) is 18.3 Å². The molecule has 0 aliphatic carbocycles. The maximum Gasteiger partial charge on any atom is 0.242 e. The van der Waals surface area contributed by atoms with Gasteiger partial charge in [-0.15, -0.1) is 0 Å². The molecule has 1 aromatic rings. The fourth-order valence-corrected chi connectivity index (χ4v) is 1.94. The molecule has 4 nitrogen and oxygen atoms in total. The van der Waals surface area contributed by atoms with Crippen LogP contribution in [0.5, 0.6) is 0 Å². The van der Waals surface area contributed by atoms with Gasteiger partial charge >= 0.3 is 0 Å². The van der Waals surface area contributed by atoms with E-state index in [1.165, 1.54) is 6.42 Å². The Morgan fingerprint density at radius 2 is 1.95 bits per heavy atom. The Morgan fingerprint density at radius 1 is 1.16 bits per heavy atom. The third-order valence-corrected chi connectivity index (χ3v) is 2.93. The zero-order valence-electron chi connectivity index (χ0n) is 10.9. The van der Waals surface area contributed by atoms with E-state index in [0.29, 0.717) is 6.42 Å². The average molecular weight is 325 g/mol. The highest BCUT2D eigenvalue weighted by atomic mass is 79.9. The average Bonchev–Trinajstić information content (AvgIpc) is 2.66. The summed E-state index contributed by atoms with van der Waals surface area (Å²) in [5, 5.41) is 0. The lowest BCUT2D eigenvalue weighted by Crippen LogP contribution is -3.00. The Bertz CT molecular complexity index is 420. The van der Waals surface area contributed by atoms with E-state index >= 15 is 0 Å². The molecule has 0 bridgehead atoms. The van der Waals surface area contributed by atoms with E-state index in [2.05, 4.69) is 15.8 Å². The highest BCUT2D eigenvalue weighted by Crippen LogP contribution is 2.05. The number of amides is 1. The Labute approximate surface area is 124 Å². The first kappa shape index (κ1) is 15.7. The third-order valence-electron chi connectivity index (χ3n) is 2.93. The number of nitrogens with zero attached hydrogens (tertiary/aromatic N) is 1. The SMILES string of the molecule is O=C(Cc1ccccc1)NNC1=NCCCCC1.[Br-]. The minimum Gasteiger partial charge on any atom is -1.00 e. The largest absolute Gasteiger partial charge is 1.00 e. The van der Waals surface area contributed by atoms with Crippen molar-refractivity contribution in [2.75, 3.05) is 6.54 Å². The van der Waals surface area contributed by atoms with E-state index in [4.69, 9.17) is 0 Å². The van der Waals surface area contributed by atoms with Gasteiger partial charge in [0.05, 0.1) is 6.42 Å². The molecule has 0 saturated carbocycles. The summed E-state index contributed by atoms with van der Waals surface area (Å²) in [7, 11) is 0. The zero-order valence-corrected chi connectivity index (χ0v) is 12.4. The molecular weight excluding hydrogens is 306 g/mol. The van der Waals surface area contributed by atoms with Crippen LogP contribution < -0.4 is 27.8 Å². The quantitative estimate of drug-likeness (QED) is 0.673. The smallest absolute Gasteiger partial charge is 0.242 e. The summed E-state index contributed by atoms with van der Waals surface area (Å²) >= 11 is 0. The van der Waals surface area contributed by atoms with Gasteiger partial charge in [-0.25, -0.2) is 0 Å². The molecular formula is C14H19BrN3O-. The number of hydrogen-bond donors (Lipinski definition) is 2. The number of benzene rings is 1. The van der Waals surface area contributed by atoms with Gasteiger partial charge in [-0.3, -0.25) is 20.6 Å². The minimum absolute atomic E-state index is 0. The second kappa shape index (κ2) is 8.69. The zero-order chi connectivity index (χ0) is 12.6. The molecule has 1 heterocycles. The second-order valence-corrected chi connectivity index (χ2v) is 4.47. The van der Waals surface area contributed by atoms with Crippen LogP contribution in [0.1, 0.15) is 31.2 Å². The van der Waals surface area contributed by atoms with Gasteiger partial charge in [-0.2, -0.15) is 0 Å². The van der Waals surface area contributed by atoms with Crippen molar-refractivity contribution in [3.05, 3.63) is 35.9 Å². The highest BCUT2D eigenvalue weighted by molar-refractivity contribution is 5.86. The number of amidine groups is 1. The van der Waals surface area contributed by atoms with Crippen LogP contribution in [0.3, 0.4) is 0 Å². The third kappa shape index (κ3) is 5.87. The van der Waals surface area contributed by atoms with Crippen LogP contribution in [0.2, 0.25) is 0 Å². The van der Waals surface area contributed by atoms with Crippen molar-refractivity contribution < 1.29 is 21.8 Å². The van der Waals surface area contributed by atoms with Crippen molar-refractivity contribution in [3.8, 4) is 0 Å². The van der Waals surface area contributed by atoms with E-state index < -0.39 is 0 Å². The lowest BCUT2D eigenvalue weighted by atomic mass is 10.1. The molecule has 1 aromatic carbocycles. The summed E-state index contributed by atoms with van der Waals surface area (Å²) in [4.78, 5) is 16.1. The molecule has 0 spiro atoms. The summed E-state index contributed by atoms with van der Waals surface area (Å²) in [6.45, 7) is 0.858. The fraction of sp³-hybridized carbons (Fsp3) is 0.429. The van der Waals surface area contributed by atoms with E-state index in [0.717, 1.165) is 37.2 Å². The van der Waals surface area contributed by atoms with E-state index in [9.17, 15) is 4.79 Å². The number of nitrogens with one attached hydrogen (secondary N) is 2. The molecule has 0 unspecified atom stereocenters. The van der Waals surface area contributed by atoms with Crippen LogP contribution in [-0.2, 0) is 11.2 Å². The first-order chi connectivity index (χ1) is 8.84. The Balaban J connectivity index is 0.00000180. The highest BCUT2D eigenvalue weighted by Gasteiger charge is 2.06. The molecule has 1 aliphatic heterocycles. The van der Waals surface area contributed by atoms with Gasteiger partial charge in [-0.05, 0) is 18.4 Å². The van der Waals surface area contributed by atoms with Crippen molar-refractivity contribution in [3.63, 3.8) is 0 Å². The maximum absolute atomic E-state index is 11.7. The first-order valence-electron chi connectivity index (χ1n) is 6.47. The number of carbonyl (C=O) groups excluding carboxylic acids is 1. The number of carbonyl (C=O) groups is 1. The summed E-state index contributed by atoms with van der Waals surface area (Å²) < 4.78 is 0. The lowest BCUT2D eigenvalue weighted by molar-refractivity contribution is -0.121. The summed E-state index contributed by atoms with van der Waals surface area (Å²) in [5.41, 5.74) is 6.65. The lowest BCUT2D eigenvalue weighted by Gasteiger charge is -2.09.